The van der Waals surface area contributed by atoms with Crippen LogP contribution < -0.4 is 5.32 Å². The van der Waals surface area contributed by atoms with E-state index in [1.54, 1.807) is 0 Å². The maximum atomic E-state index is 13.0. The van der Waals surface area contributed by atoms with Crippen molar-refractivity contribution in [3.8, 4) is 0 Å². The summed E-state index contributed by atoms with van der Waals surface area (Å²) in [7, 11) is 0. The van der Waals surface area contributed by atoms with E-state index in [0.717, 1.165) is 5.56 Å². The first-order valence-electron chi connectivity index (χ1n) is 6.03. The molecule has 0 radical (unpaired) electrons. The summed E-state index contributed by atoms with van der Waals surface area (Å²) in [6.45, 7) is -0.214. The number of hydrogen-bond acceptors (Lipinski definition) is 2. The number of nitrogens with one attached hydrogen (secondary N) is 1. The van der Waals surface area contributed by atoms with Gasteiger partial charge in [-0.3, -0.25) is 4.79 Å². The van der Waals surface area contributed by atoms with E-state index in [4.69, 9.17) is 0 Å². The van der Waals surface area contributed by atoms with Gasteiger partial charge in [-0.25, -0.2) is 4.39 Å². The van der Waals surface area contributed by atoms with Gasteiger partial charge in [-0.2, -0.15) is 0 Å². The molecule has 1 atom stereocenters. The second kappa shape index (κ2) is 6.63. The molecule has 0 unspecified atom stereocenters. The van der Waals surface area contributed by atoms with Gasteiger partial charge in [0, 0.05) is 4.47 Å². The fraction of sp³-hybridized carbons (Fsp3) is 0.133. The van der Waals surface area contributed by atoms with Crippen molar-refractivity contribution < 1.29 is 14.3 Å². The van der Waals surface area contributed by atoms with E-state index in [-0.39, 0.29) is 12.5 Å². The zero-order valence-electron chi connectivity index (χ0n) is 10.5. The molecule has 20 heavy (non-hydrogen) atoms. The number of rotatable bonds is 4. The number of carbonyl (C=O) groups is 1. The molecule has 5 heteroatoms. The normalized spacial score (nSPS) is 11.9. The van der Waals surface area contributed by atoms with Gasteiger partial charge < -0.3 is 10.4 Å². The lowest BCUT2D eigenvalue weighted by Crippen LogP contribution is -2.31. The smallest absolute Gasteiger partial charge is 0.252 e. The first-order valence-corrected chi connectivity index (χ1v) is 6.83. The van der Waals surface area contributed by atoms with E-state index < -0.39 is 11.9 Å². The number of halogens is 2. The lowest BCUT2D eigenvalue weighted by molar-refractivity contribution is 0.0915. The molecule has 0 aliphatic heterocycles. The van der Waals surface area contributed by atoms with Crippen molar-refractivity contribution in [3.63, 3.8) is 0 Å². The number of amides is 1. The van der Waals surface area contributed by atoms with E-state index in [2.05, 4.69) is 21.2 Å². The van der Waals surface area contributed by atoms with Crippen molar-refractivity contribution >= 4 is 21.8 Å². The van der Waals surface area contributed by atoms with Crippen LogP contribution in [0.25, 0.3) is 0 Å². The minimum atomic E-state index is -0.499. The predicted octanol–water partition coefficient (Wildman–Crippen LogP) is 3.05. The van der Waals surface area contributed by atoms with E-state index in [0.29, 0.717) is 10.0 Å². The summed E-state index contributed by atoms with van der Waals surface area (Å²) in [4.78, 5) is 12.1. The molecule has 0 aliphatic rings. The predicted molar refractivity (Wildman–Crippen MR) is 77.8 cm³/mol. The first-order chi connectivity index (χ1) is 9.61. The summed E-state index contributed by atoms with van der Waals surface area (Å²) < 4.78 is 13.4. The van der Waals surface area contributed by atoms with Crippen molar-refractivity contribution in [2.75, 3.05) is 6.61 Å². The first kappa shape index (κ1) is 14.7. The molecule has 0 spiro atoms. The van der Waals surface area contributed by atoms with E-state index in [1.165, 1.54) is 18.2 Å². The van der Waals surface area contributed by atoms with Crippen LogP contribution in [0.5, 0.6) is 0 Å². The van der Waals surface area contributed by atoms with Gasteiger partial charge in [0.05, 0.1) is 18.2 Å². The SMILES string of the molecule is O=C(N[C@H](CO)c1ccccc1)c1ccc(F)cc1Br. The summed E-state index contributed by atoms with van der Waals surface area (Å²) in [6.07, 6.45) is 0. The van der Waals surface area contributed by atoms with Crippen LogP contribution in [-0.4, -0.2) is 17.6 Å². The quantitative estimate of drug-likeness (QED) is 0.900. The second-order valence-corrected chi connectivity index (χ2v) is 5.10. The van der Waals surface area contributed by atoms with Crippen LogP contribution >= 0.6 is 15.9 Å². The molecule has 1 amide bonds. The molecule has 0 saturated carbocycles. The maximum Gasteiger partial charge on any atom is 0.252 e. The van der Waals surface area contributed by atoms with Crippen LogP contribution in [-0.2, 0) is 0 Å². The second-order valence-electron chi connectivity index (χ2n) is 4.24. The Morgan fingerprint density at radius 1 is 1.25 bits per heavy atom. The molecular weight excluding hydrogens is 325 g/mol. The van der Waals surface area contributed by atoms with Crippen LogP contribution in [0, 0.1) is 5.82 Å². The van der Waals surface area contributed by atoms with Gasteiger partial charge in [-0.1, -0.05) is 30.3 Å². The summed E-state index contributed by atoms with van der Waals surface area (Å²) in [5.41, 5.74) is 1.13. The molecule has 0 bridgehead atoms. The van der Waals surface area contributed by atoms with Gasteiger partial charge in [0.1, 0.15) is 5.82 Å². The van der Waals surface area contributed by atoms with E-state index in [1.807, 2.05) is 30.3 Å². The Morgan fingerprint density at radius 2 is 1.95 bits per heavy atom. The Bertz CT molecular complexity index is 604. The highest BCUT2D eigenvalue weighted by molar-refractivity contribution is 9.10. The molecule has 0 saturated heterocycles. The van der Waals surface area contributed by atoms with Crippen molar-refractivity contribution in [2.45, 2.75) is 6.04 Å². The Balaban J connectivity index is 2.17. The van der Waals surface area contributed by atoms with Gasteiger partial charge in [-0.15, -0.1) is 0 Å². The van der Waals surface area contributed by atoms with Gasteiger partial charge >= 0.3 is 0 Å². The lowest BCUT2D eigenvalue weighted by Gasteiger charge is -2.17. The molecule has 2 aromatic rings. The highest BCUT2D eigenvalue weighted by atomic mass is 79.9. The third-order valence-electron chi connectivity index (χ3n) is 2.87. The summed E-state index contributed by atoms with van der Waals surface area (Å²) >= 11 is 3.15. The molecule has 2 rings (SSSR count). The summed E-state index contributed by atoms with van der Waals surface area (Å²) in [5.74, 6) is -0.796. The van der Waals surface area contributed by atoms with Crippen molar-refractivity contribution in [1.29, 1.82) is 0 Å². The third kappa shape index (κ3) is 3.43. The molecular formula is C15H13BrFNO2. The topological polar surface area (TPSA) is 49.3 Å². The monoisotopic (exact) mass is 337 g/mol. The fourth-order valence-corrected chi connectivity index (χ4v) is 2.36. The Hall–Kier alpha value is -1.72. The molecule has 2 aromatic carbocycles. The maximum absolute atomic E-state index is 13.0. The minimum Gasteiger partial charge on any atom is -0.394 e. The molecule has 0 aromatic heterocycles. The molecule has 0 heterocycles. The average molecular weight is 338 g/mol. The molecule has 104 valence electrons. The van der Waals surface area contributed by atoms with Crippen molar-refractivity contribution in [2.24, 2.45) is 0 Å². The van der Waals surface area contributed by atoms with Crippen molar-refractivity contribution in [3.05, 3.63) is 69.9 Å². The highest BCUT2D eigenvalue weighted by Crippen LogP contribution is 2.19. The zero-order valence-corrected chi connectivity index (χ0v) is 12.1. The van der Waals surface area contributed by atoms with Crippen LogP contribution in [0.2, 0.25) is 0 Å². The number of aliphatic hydroxyl groups is 1. The standard InChI is InChI=1S/C15H13BrFNO2/c16-13-8-11(17)6-7-12(13)15(20)18-14(9-19)10-4-2-1-3-5-10/h1-8,14,19H,9H2,(H,18,20)/t14-/m1/s1. The van der Waals surface area contributed by atoms with Gasteiger partial charge in [-0.05, 0) is 39.7 Å². The molecule has 0 aliphatic carbocycles. The number of carbonyl (C=O) groups excluding carboxylic acids is 1. The highest BCUT2D eigenvalue weighted by Gasteiger charge is 2.16. The zero-order chi connectivity index (χ0) is 14.5. The summed E-state index contributed by atoms with van der Waals surface area (Å²) in [5, 5.41) is 12.1. The van der Waals surface area contributed by atoms with Gasteiger partial charge in [0.25, 0.3) is 5.91 Å². The lowest BCUT2D eigenvalue weighted by atomic mass is 10.1. The van der Waals surface area contributed by atoms with Crippen LogP contribution in [0.1, 0.15) is 22.0 Å². The molecule has 0 fully saturated rings. The van der Waals surface area contributed by atoms with Crippen LogP contribution in [0.15, 0.2) is 53.0 Å². The van der Waals surface area contributed by atoms with Crippen molar-refractivity contribution in [1.82, 2.24) is 5.32 Å². The number of aliphatic hydroxyl groups excluding tert-OH is 1. The Labute approximate surface area is 124 Å². The molecule has 3 nitrogen and oxygen atoms in total. The number of hydrogen-bond donors (Lipinski definition) is 2. The Morgan fingerprint density at radius 3 is 2.55 bits per heavy atom. The summed E-state index contributed by atoms with van der Waals surface area (Å²) in [6, 6.07) is 12.5. The fourth-order valence-electron chi connectivity index (χ4n) is 1.83. The van der Waals surface area contributed by atoms with E-state index >= 15 is 0 Å². The van der Waals surface area contributed by atoms with Gasteiger partial charge in [0.2, 0.25) is 0 Å². The largest absolute Gasteiger partial charge is 0.394 e. The average Bonchev–Trinajstić information content (AvgIpc) is 2.45. The minimum absolute atomic E-state index is 0.214. The van der Waals surface area contributed by atoms with Crippen LogP contribution in [0.3, 0.4) is 0 Å². The number of benzene rings is 2. The Kier molecular flexibility index (Phi) is 4.87. The third-order valence-corrected chi connectivity index (χ3v) is 3.52. The van der Waals surface area contributed by atoms with Crippen LogP contribution in [0.4, 0.5) is 4.39 Å². The molecule has 2 N–H and O–H groups in total. The van der Waals surface area contributed by atoms with E-state index in [9.17, 15) is 14.3 Å². The van der Waals surface area contributed by atoms with Gasteiger partial charge in [0.15, 0.2) is 0 Å².